The highest BCUT2D eigenvalue weighted by molar-refractivity contribution is 5.85. The molecule has 1 aliphatic rings. The van der Waals surface area contributed by atoms with Crippen molar-refractivity contribution in [1.82, 2.24) is 20.4 Å². The molecule has 78 valence electrons. The van der Waals surface area contributed by atoms with Gasteiger partial charge in [0.25, 0.3) is 0 Å². The van der Waals surface area contributed by atoms with Crippen LogP contribution in [0, 0.1) is 0 Å². The van der Waals surface area contributed by atoms with E-state index in [0.29, 0.717) is 0 Å². The van der Waals surface area contributed by atoms with Gasteiger partial charge in [0.15, 0.2) is 5.82 Å². The number of hydrogen-bond donors (Lipinski definition) is 1. The van der Waals surface area contributed by atoms with Gasteiger partial charge in [-0.15, -0.1) is 10.2 Å². The van der Waals surface area contributed by atoms with Gasteiger partial charge in [-0.25, -0.2) is 0 Å². The number of nitrogens with zero attached hydrogens (tertiary/aromatic N) is 4. The number of aromatic amines is 1. The third-order valence-electron chi connectivity index (χ3n) is 2.55. The van der Waals surface area contributed by atoms with Gasteiger partial charge < -0.3 is 14.6 Å². The molecule has 1 fully saturated rings. The van der Waals surface area contributed by atoms with Crippen LogP contribution in [-0.2, 0) is 4.74 Å². The van der Waals surface area contributed by atoms with Crippen molar-refractivity contribution in [1.29, 1.82) is 0 Å². The number of hydrogen-bond acceptors (Lipinski definition) is 5. The summed E-state index contributed by atoms with van der Waals surface area (Å²) in [5, 5.41) is 11.8. The fourth-order valence-electron chi connectivity index (χ4n) is 1.78. The van der Waals surface area contributed by atoms with Crippen LogP contribution in [0.2, 0.25) is 0 Å². The molecular formula is C9H11N5O. The van der Waals surface area contributed by atoms with Crippen molar-refractivity contribution in [2.24, 2.45) is 0 Å². The molecular weight excluding hydrogens is 194 g/mol. The minimum absolute atomic E-state index is 0.742. The molecule has 0 spiro atoms. The molecule has 0 radical (unpaired) electrons. The molecule has 3 heterocycles. The molecule has 3 rings (SSSR count). The molecule has 0 aliphatic carbocycles. The average molecular weight is 205 g/mol. The molecule has 6 nitrogen and oxygen atoms in total. The molecule has 0 atom stereocenters. The van der Waals surface area contributed by atoms with Gasteiger partial charge in [0.05, 0.1) is 13.2 Å². The van der Waals surface area contributed by atoms with Crippen molar-refractivity contribution >= 4 is 16.9 Å². The Morgan fingerprint density at radius 3 is 3.00 bits per heavy atom. The second kappa shape index (κ2) is 3.47. The number of rotatable bonds is 1. The van der Waals surface area contributed by atoms with Gasteiger partial charge in [0.2, 0.25) is 0 Å². The van der Waals surface area contributed by atoms with Crippen molar-refractivity contribution in [3.05, 3.63) is 12.3 Å². The van der Waals surface area contributed by atoms with E-state index in [0.717, 1.165) is 43.2 Å². The lowest BCUT2D eigenvalue weighted by molar-refractivity contribution is 0.122. The molecule has 0 bridgehead atoms. The van der Waals surface area contributed by atoms with E-state index >= 15 is 0 Å². The molecule has 6 heteroatoms. The summed E-state index contributed by atoms with van der Waals surface area (Å²) >= 11 is 0. The summed E-state index contributed by atoms with van der Waals surface area (Å²) in [4.78, 5) is 5.30. The minimum Gasteiger partial charge on any atom is -0.378 e. The zero-order chi connectivity index (χ0) is 10.1. The van der Waals surface area contributed by atoms with Crippen LogP contribution in [0.4, 0.5) is 5.82 Å². The lowest BCUT2D eigenvalue weighted by Gasteiger charge is -2.27. The Bertz CT molecular complexity index is 462. The van der Waals surface area contributed by atoms with Crippen LogP contribution in [0.25, 0.3) is 11.0 Å². The van der Waals surface area contributed by atoms with E-state index in [-0.39, 0.29) is 0 Å². The van der Waals surface area contributed by atoms with Crippen molar-refractivity contribution in [3.63, 3.8) is 0 Å². The summed E-state index contributed by atoms with van der Waals surface area (Å²) in [6, 6.07) is 1.90. The van der Waals surface area contributed by atoms with Crippen molar-refractivity contribution in [3.8, 4) is 0 Å². The SMILES string of the molecule is c1cc2nnnc(N3CCOCC3)c2[nH]1. The first kappa shape index (κ1) is 8.60. The Balaban J connectivity index is 2.05. The van der Waals surface area contributed by atoms with Crippen LogP contribution in [0.15, 0.2) is 12.3 Å². The molecule has 2 aromatic heterocycles. The first-order valence-corrected chi connectivity index (χ1v) is 4.94. The maximum absolute atomic E-state index is 5.30. The van der Waals surface area contributed by atoms with Gasteiger partial charge in [0.1, 0.15) is 11.0 Å². The van der Waals surface area contributed by atoms with Gasteiger partial charge in [0, 0.05) is 19.3 Å². The second-order valence-electron chi connectivity index (χ2n) is 3.45. The molecule has 1 aliphatic heterocycles. The number of morpholine rings is 1. The van der Waals surface area contributed by atoms with Gasteiger partial charge in [-0.1, -0.05) is 0 Å². The van der Waals surface area contributed by atoms with Gasteiger partial charge in [-0.3, -0.25) is 0 Å². The lowest BCUT2D eigenvalue weighted by Crippen LogP contribution is -2.37. The van der Waals surface area contributed by atoms with Crippen LogP contribution in [-0.4, -0.2) is 46.7 Å². The predicted octanol–water partition coefficient (Wildman–Crippen LogP) is 0.189. The summed E-state index contributed by atoms with van der Waals surface area (Å²) in [6.07, 6.45) is 1.85. The summed E-state index contributed by atoms with van der Waals surface area (Å²) in [5.41, 5.74) is 1.80. The van der Waals surface area contributed by atoms with E-state index in [2.05, 4.69) is 25.3 Å². The Morgan fingerprint density at radius 1 is 1.27 bits per heavy atom. The number of fused-ring (bicyclic) bond motifs is 1. The third-order valence-corrected chi connectivity index (χ3v) is 2.55. The third kappa shape index (κ3) is 1.42. The van der Waals surface area contributed by atoms with Crippen molar-refractivity contribution < 1.29 is 4.74 Å². The van der Waals surface area contributed by atoms with Crippen molar-refractivity contribution in [2.75, 3.05) is 31.2 Å². The fraction of sp³-hybridized carbons (Fsp3) is 0.444. The van der Waals surface area contributed by atoms with Crippen LogP contribution in [0.5, 0.6) is 0 Å². The number of ether oxygens (including phenoxy) is 1. The predicted molar refractivity (Wildman–Crippen MR) is 54.7 cm³/mol. The Kier molecular flexibility index (Phi) is 1.99. The van der Waals surface area contributed by atoms with Gasteiger partial charge in [-0.05, 0) is 11.3 Å². The lowest BCUT2D eigenvalue weighted by atomic mass is 10.3. The van der Waals surface area contributed by atoms with Crippen LogP contribution >= 0.6 is 0 Å². The maximum Gasteiger partial charge on any atom is 0.179 e. The highest BCUT2D eigenvalue weighted by atomic mass is 16.5. The Morgan fingerprint density at radius 2 is 2.13 bits per heavy atom. The van der Waals surface area contributed by atoms with E-state index < -0.39 is 0 Å². The van der Waals surface area contributed by atoms with Crippen molar-refractivity contribution in [2.45, 2.75) is 0 Å². The fourth-order valence-corrected chi connectivity index (χ4v) is 1.78. The first-order chi connectivity index (χ1) is 7.45. The standard InChI is InChI=1S/C9H11N5O/c1-2-10-8-7(1)11-13-12-9(8)14-3-5-15-6-4-14/h1-2,10H,3-6H2. The summed E-state index contributed by atoms with van der Waals surface area (Å²) in [7, 11) is 0. The smallest absolute Gasteiger partial charge is 0.179 e. The maximum atomic E-state index is 5.30. The first-order valence-electron chi connectivity index (χ1n) is 4.94. The molecule has 0 aromatic carbocycles. The summed E-state index contributed by atoms with van der Waals surface area (Å²) in [5.74, 6) is 0.869. The largest absolute Gasteiger partial charge is 0.378 e. The molecule has 15 heavy (non-hydrogen) atoms. The highest BCUT2D eigenvalue weighted by Gasteiger charge is 2.16. The summed E-state index contributed by atoms with van der Waals surface area (Å²) in [6.45, 7) is 3.19. The quantitative estimate of drug-likeness (QED) is 0.719. The Labute approximate surface area is 86.2 Å². The average Bonchev–Trinajstić information content (AvgIpc) is 2.78. The zero-order valence-electron chi connectivity index (χ0n) is 8.18. The van der Waals surface area contributed by atoms with Crippen LogP contribution in [0.1, 0.15) is 0 Å². The van der Waals surface area contributed by atoms with Crippen LogP contribution < -0.4 is 4.90 Å². The molecule has 0 unspecified atom stereocenters. The monoisotopic (exact) mass is 205 g/mol. The topological polar surface area (TPSA) is 66.9 Å². The summed E-state index contributed by atoms with van der Waals surface area (Å²) < 4.78 is 5.30. The normalized spacial score (nSPS) is 17.2. The molecule has 1 N–H and O–H groups in total. The van der Waals surface area contributed by atoms with E-state index in [1.807, 2.05) is 12.3 Å². The highest BCUT2D eigenvalue weighted by Crippen LogP contribution is 2.20. The van der Waals surface area contributed by atoms with Gasteiger partial charge >= 0.3 is 0 Å². The van der Waals surface area contributed by atoms with E-state index in [1.165, 1.54) is 0 Å². The van der Waals surface area contributed by atoms with Gasteiger partial charge in [-0.2, -0.15) is 0 Å². The van der Waals surface area contributed by atoms with E-state index in [4.69, 9.17) is 4.74 Å². The molecule has 0 saturated carbocycles. The van der Waals surface area contributed by atoms with E-state index in [1.54, 1.807) is 0 Å². The second-order valence-corrected chi connectivity index (χ2v) is 3.45. The Hall–Kier alpha value is -1.69. The molecule has 2 aromatic rings. The minimum atomic E-state index is 0.742. The number of H-pyrrole nitrogens is 1. The zero-order valence-corrected chi connectivity index (χ0v) is 8.18. The number of anilines is 1. The number of aromatic nitrogens is 4. The van der Waals surface area contributed by atoms with Crippen LogP contribution in [0.3, 0.4) is 0 Å². The van der Waals surface area contributed by atoms with E-state index in [9.17, 15) is 0 Å². The molecule has 1 saturated heterocycles. The molecule has 0 amide bonds. The number of nitrogens with one attached hydrogen (secondary N) is 1.